The molecule has 1 aliphatic carbocycles. The Morgan fingerprint density at radius 1 is 1.27 bits per heavy atom. The van der Waals surface area contributed by atoms with Gasteiger partial charge in [-0.2, -0.15) is 0 Å². The van der Waals surface area contributed by atoms with Crippen LogP contribution in [0.5, 0.6) is 0 Å². The summed E-state index contributed by atoms with van der Waals surface area (Å²) in [6.07, 6.45) is -1.16. The van der Waals surface area contributed by atoms with E-state index in [0.29, 0.717) is 0 Å². The number of carbonyl (C=O) groups excluding carboxylic acids is 2. The summed E-state index contributed by atoms with van der Waals surface area (Å²) in [5, 5.41) is 43.4. The molecule has 1 fully saturated rings. The molecule has 26 heavy (non-hydrogen) atoms. The number of carbonyl (C=O) groups is 3. The molecule has 2 amide bonds. The molecule has 0 aromatic heterocycles. The Balaban J connectivity index is 2.31. The maximum absolute atomic E-state index is 12.3. The number of aliphatic hydroxyl groups excluding tert-OH is 3. The average Bonchev–Trinajstić information content (AvgIpc) is 2.52. The Hall–Kier alpha value is -2.17. The van der Waals surface area contributed by atoms with Gasteiger partial charge in [0.2, 0.25) is 17.6 Å². The molecule has 2 unspecified atom stereocenters. The number of carboxylic acids is 1. The summed E-state index contributed by atoms with van der Waals surface area (Å²) in [7, 11) is 0. The predicted molar refractivity (Wildman–Crippen MR) is 86.6 cm³/mol. The van der Waals surface area contributed by atoms with Gasteiger partial charge in [0.05, 0.1) is 18.7 Å². The molecule has 2 rings (SSSR count). The Labute approximate surface area is 149 Å². The lowest BCUT2D eigenvalue weighted by Crippen LogP contribution is -2.64. The van der Waals surface area contributed by atoms with E-state index in [1.807, 2.05) is 0 Å². The van der Waals surface area contributed by atoms with E-state index in [9.17, 15) is 29.7 Å². The second kappa shape index (κ2) is 8.47. The summed E-state index contributed by atoms with van der Waals surface area (Å²) < 4.78 is 5.23. The fourth-order valence-corrected chi connectivity index (χ4v) is 2.95. The van der Waals surface area contributed by atoms with E-state index >= 15 is 0 Å². The molecule has 6 N–H and O–H groups in total. The minimum absolute atomic E-state index is 0.177. The molecule has 0 saturated heterocycles. The molecule has 1 heterocycles. The lowest BCUT2D eigenvalue weighted by molar-refractivity contribution is -0.147. The molecule has 1 aliphatic heterocycles. The van der Waals surface area contributed by atoms with E-state index in [-0.39, 0.29) is 11.8 Å². The highest BCUT2D eigenvalue weighted by Gasteiger charge is 2.44. The smallest absolute Gasteiger partial charge is 0.370 e. The third-order valence-corrected chi connectivity index (χ3v) is 4.62. The van der Waals surface area contributed by atoms with E-state index in [1.54, 1.807) is 0 Å². The number of aliphatic carboxylic acids is 1. The van der Waals surface area contributed by atoms with Crippen molar-refractivity contribution in [2.45, 2.75) is 56.6 Å². The first-order valence-corrected chi connectivity index (χ1v) is 8.40. The zero-order valence-electron chi connectivity index (χ0n) is 14.3. The third-order valence-electron chi connectivity index (χ3n) is 4.62. The molecule has 10 nitrogen and oxygen atoms in total. The molecular weight excluding hydrogens is 348 g/mol. The van der Waals surface area contributed by atoms with Crippen LogP contribution in [-0.2, 0) is 19.1 Å². The van der Waals surface area contributed by atoms with Crippen molar-refractivity contribution in [1.82, 2.24) is 10.6 Å². The molecule has 0 aromatic carbocycles. The van der Waals surface area contributed by atoms with Crippen LogP contribution in [0.4, 0.5) is 0 Å². The molecule has 2 aliphatic rings. The van der Waals surface area contributed by atoms with Crippen LogP contribution in [-0.4, -0.2) is 75.2 Å². The largest absolute Gasteiger partial charge is 0.478 e. The first-order valence-electron chi connectivity index (χ1n) is 8.40. The van der Waals surface area contributed by atoms with E-state index in [0.717, 1.165) is 25.3 Å². The summed E-state index contributed by atoms with van der Waals surface area (Å²) in [5.74, 6) is -2.91. The van der Waals surface area contributed by atoms with Crippen LogP contribution in [0.25, 0.3) is 0 Å². The minimum atomic E-state index is -1.69. The number of rotatable bonds is 7. The quantitative estimate of drug-likeness (QED) is 0.294. The van der Waals surface area contributed by atoms with Crippen molar-refractivity contribution in [2.75, 3.05) is 6.61 Å². The summed E-state index contributed by atoms with van der Waals surface area (Å²) in [5.41, 5.74) is 0. The molecule has 0 spiro atoms. The first kappa shape index (κ1) is 20.1. The Morgan fingerprint density at radius 2 is 1.92 bits per heavy atom. The first-order chi connectivity index (χ1) is 12.2. The summed E-state index contributed by atoms with van der Waals surface area (Å²) >= 11 is 0. The lowest BCUT2D eigenvalue weighted by Gasteiger charge is -2.40. The highest BCUT2D eigenvalue weighted by molar-refractivity contribution is 5.85. The number of hydrogen-bond donors (Lipinski definition) is 6. The number of hydrogen-bond acceptors (Lipinski definition) is 7. The van der Waals surface area contributed by atoms with Gasteiger partial charge >= 0.3 is 5.97 Å². The van der Waals surface area contributed by atoms with Crippen LogP contribution in [0.15, 0.2) is 11.8 Å². The summed E-state index contributed by atoms with van der Waals surface area (Å²) in [6, 6.07) is -1.99. The van der Waals surface area contributed by atoms with E-state index in [1.165, 1.54) is 6.92 Å². The van der Waals surface area contributed by atoms with Gasteiger partial charge in [0.25, 0.3) is 0 Å². The summed E-state index contributed by atoms with van der Waals surface area (Å²) in [6.45, 7) is 0.423. The van der Waals surface area contributed by atoms with Gasteiger partial charge in [-0.3, -0.25) is 9.59 Å². The molecule has 10 heteroatoms. The van der Waals surface area contributed by atoms with E-state index in [2.05, 4.69) is 10.6 Å². The maximum Gasteiger partial charge on any atom is 0.370 e. The van der Waals surface area contributed by atoms with Crippen LogP contribution < -0.4 is 10.6 Å². The molecular formula is C16H24N2O8. The molecule has 0 radical (unpaired) electrons. The van der Waals surface area contributed by atoms with Crippen molar-refractivity contribution in [2.24, 2.45) is 5.92 Å². The van der Waals surface area contributed by atoms with Crippen molar-refractivity contribution < 1.29 is 39.5 Å². The van der Waals surface area contributed by atoms with Gasteiger partial charge in [-0.25, -0.2) is 4.79 Å². The zero-order valence-corrected chi connectivity index (χ0v) is 14.3. The number of carboxylic acid groups (broad SMARTS) is 1. The average molecular weight is 372 g/mol. The van der Waals surface area contributed by atoms with Crippen LogP contribution in [0, 0.1) is 5.92 Å². The van der Waals surface area contributed by atoms with Crippen LogP contribution in [0.2, 0.25) is 0 Å². The van der Waals surface area contributed by atoms with Crippen molar-refractivity contribution in [3.8, 4) is 0 Å². The van der Waals surface area contributed by atoms with Gasteiger partial charge < -0.3 is 35.8 Å². The second-order valence-corrected chi connectivity index (χ2v) is 6.55. The van der Waals surface area contributed by atoms with Crippen LogP contribution in [0.3, 0.4) is 0 Å². The monoisotopic (exact) mass is 372 g/mol. The van der Waals surface area contributed by atoms with Gasteiger partial charge in [-0.1, -0.05) is 6.42 Å². The van der Waals surface area contributed by atoms with Gasteiger partial charge in [-0.05, 0) is 18.9 Å². The lowest BCUT2D eigenvalue weighted by atomic mass is 9.84. The highest BCUT2D eigenvalue weighted by atomic mass is 16.5. The van der Waals surface area contributed by atoms with Crippen LogP contribution in [0.1, 0.15) is 26.2 Å². The SMILES string of the molecule is CC(=O)N[C@@H]1[C@@H](NC(=O)C2CCC2)C=C(C(=O)O)O[C@H]1C(O)C(O)CO. The fourth-order valence-electron chi connectivity index (χ4n) is 2.95. The predicted octanol–water partition coefficient (Wildman–Crippen LogP) is -2.14. The van der Waals surface area contributed by atoms with Gasteiger partial charge in [0.15, 0.2) is 0 Å². The zero-order chi connectivity index (χ0) is 19.4. The maximum atomic E-state index is 12.3. The van der Waals surface area contributed by atoms with Crippen molar-refractivity contribution in [3.05, 3.63) is 11.8 Å². The summed E-state index contributed by atoms with van der Waals surface area (Å²) in [4.78, 5) is 35.2. The minimum Gasteiger partial charge on any atom is -0.478 e. The molecule has 146 valence electrons. The van der Waals surface area contributed by atoms with Gasteiger partial charge in [0, 0.05) is 12.8 Å². The normalized spacial score (nSPS) is 28.0. The number of aliphatic hydroxyl groups is 3. The van der Waals surface area contributed by atoms with Crippen molar-refractivity contribution in [3.63, 3.8) is 0 Å². The fraction of sp³-hybridized carbons (Fsp3) is 0.688. The molecule has 0 bridgehead atoms. The Bertz CT molecular complexity index is 589. The van der Waals surface area contributed by atoms with Crippen molar-refractivity contribution >= 4 is 17.8 Å². The number of amides is 2. The third kappa shape index (κ3) is 4.51. The number of ether oxygens (including phenoxy) is 1. The molecule has 0 aromatic rings. The Kier molecular flexibility index (Phi) is 6.57. The second-order valence-electron chi connectivity index (χ2n) is 6.55. The van der Waals surface area contributed by atoms with E-state index < -0.39 is 54.6 Å². The Morgan fingerprint density at radius 3 is 2.38 bits per heavy atom. The topological polar surface area (TPSA) is 165 Å². The number of nitrogens with one attached hydrogen (secondary N) is 2. The molecule has 5 atom stereocenters. The van der Waals surface area contributed by atoms with Gasteiger partial charge in [0.1, 0.15) is 18.3 Å². The van der Waals surface area contributed by atoms with E-state index in [4.69, 9.17) is 9.84 Å². The van der Waals surface area contributed by atoms with Gasteiger partial charge in [-0.15, -0.1) is 0 Å². The standard InChI is InChI=1S/C16H24N2O8/c1-7(20)17-12-9(18-15(23)8-3-2-4-8)5-11(16(24)25)26-14(12)13(22)10(21)6-19/h5,8-10,12-14,19,21-22H,2-4,6H2,1H3,(H,17,20)(H,18,23)(H,24,25)/t9-,10?,12+,13?,14+/m0/s1. The molecule has 1 saturated carbocycles. The van der Waals surface area contributed by atoms with Crippen molar-refractivity contribution in [1.29, 1.82) is 0 Å². The highest BCUT2D eigenvalue weighted by Crippen LogP contribution is 2.28. The van der Waals surface area contributed by atoms with Crippen LogP contribution >= 0.6 is 0 Å².